The van der Waals surface area contributed by atoms with Crippen LogP contribution in [0.2, 0.25) is 0 Å². The molecule has 0 N–H and O–H groups in total. The summed E-state index contributed by atoms with van der Waals surface area (Å²) < 4.78 is 0. The zero-order valence-corrected chi connectivity index (χ0v) is 18.7. The zero-order chi connectivity index (χ0) is 22.5. The molecule has 1 aliphatic heterocycles. The van der Waals surface area contributed by atoms with Crippen molar-refractivity contribution in [2.75, 3.05) is 13.1 Å². The van der Waals surface area contributed by atoms with Crippen molar-refractivity contribution in [2.45, 2.75) is 25.3 Å². The molecule has 5 rings (SSSR count). The maximum absolute atomic E-state index is 9.35. The van der Waals surface area contributed by atoms with Crippen LogP contribution in [0, 0.1) is 11.3 Å². The molecular formula is C30H27N3. The van der Waals surface area contributed by atoms with Crippen LogP contribution in [0.4, 0.5) is 0 Å². The molecule has 0 unspecified atom stereocenters. The van der Waals surface area contributed by atoms with Crippen molar-refractivity contribution in [3.63, 3.8) is 0 Å². The fourth-order valence-corrected chi connectivity index (χ4v) is 4.77. The van der Waals surface area contributed by atoms with Gasteiger partial charge in [-0.05, 0) is 54.6 Å². The summed E-state index contributed by atoms with van der Waals surface area (Å²) in [5, 5.41) is 9.35. The summed E-state index contributed by atoms with van der Waals surface area (Å²) in [7, 11) is 0. The molecule has 1 aliphatic rings. The number of hydrogen-bond acceptors (Lipinski definition) is 3. The molecule has 0 bridgehead atoms. The minimum atomic E-state index is 0.577. The molecule has 3 aromatic carbocycles. The number of nitriles is 1. The highest BCUT2D eigenvalue weighted by atomic mass is 15.1. The van der Waals surface area contributed by atoms with Gasteiger partial charge in [0.05, 0.1) is 11.3 Å². The lowest BCUT2D eigenvalue weighted by Gasteiger charge is -2.32. The first kappa shape index (κ1) is 21.1. The van der Waals surface area contributed by atoms with Crippen LogP contribution >= 0.6 is 0 Å². The van der Waals surface area contributed by atoms with E-state index in [1.165, 1.54) is 24.0 Å². The Morgan fingerprint density at radius 1 is 0.818 bits per heavy atom. The smallest absolute Gasteiger partial charge is 0.101 e. The number of benzene rings is 3. The largest absolute Gasteiger partial charge is 0.299 e. The predicted octanol–water partition coefficient (Wildman–Crippen LogP) is 6.67. The normalized spacial score (nSPS) is 14.6. The van der Waals surface area contributed by atoms with E-state index in [9.17, 15) is 5.26 Å². The van der Waals surface area contributed by atoms with Crippen LogP contribution in [-0.4, -0.2) is 23.0 Å². The number of rotatable bonds is 5. The van der Waals surface area contributed by atoms with Crippen molar-refractivity contribution in [3.8, 4) is 28.5 Å². The lowest BCUT2D eigenvalue weighted by atomic mass is 9.89. The van der Waals surface area contributed by atoms with Crippen LogP contribution in [0.15, 0.2) is 97.2 Å². The third-order valence-electron chi connectivity index (χ3n) is 6.59. The van der Waals surface area contributed by atoms with E-state index >= 15 is 0 Å². The van der Waals surface area contributed by atoms with E-state index in [0.29, 0.717) is 11.5 Å². The summed E-state index contributed by atoms with van der Waals surface area (Å²) in [6.45, 7) is 3.25. The van der Waals surface area contributed by atoms with Crippen molar-refractivity contribution >= 4 is 0 Å². The SMILES string of the molecule is N#Cc1cnc(-c2ccc(CN3CCC(c4ccccc4)CC3)cc2)c(-c2ccccc2)c1. The summed E-state index contributed by atoms with van der Waals surface area (Å²) in [5.74, 6) is 0.684. The second-order valence-corrected chi connectivity index (χ2v) is 8.76. The lowest BCUT2D eigenvalue weighted by molar-refractivity contribution is 0.204. The minimum absolute atomic E-state index is 0.577. The number of aromatic nitrogens is 1. The van der Waals surface area contributed by atoms with E-state index in [1.54, 1.807) is 6.20 Å². The maximum Gasteiger partial charge on any atom is 0.101 e. The molecule has 4 aromatic rings. The molecule has 0 spiro atoms. The van der Waals surface area contributed by atoms with Crippen LogP contribution < -0.4 is 0 Å². The Kier molecular flexibility index (Phi) is 6.28. The molecule has 0 aliphatic carbocycles. The fraction of sp³-hybridized carbons (Fsp3) is 0.200. The Hall–Kier alpha value is -3.74. The second-order valence-electron chi connectivity index (χ2n) is 8.76. The third kappa shape index (κ3) is 4.87. The monoisotopic (exact) mass is 429 g/mol. The van der Waals surface area contributed by atoms with Gasteiger partial charge >= 0.3 is 0 Å². The second kappa shape index (κ2) is 9.81. The van der Waals surface area contributed by atoms with Crippen molar-refractivity contribution in [2.24, 2.45) is 0 Å². The first-order chi connectivity index (χ1) is 16.3. The molecule has 0 atom stereocenters. The van der Waals surface area contributed by atoms with E-state index < -0.39 is 0 Å². The van der Waals surface area contributed by atoms with Crippen molar-refractivity contribution in [3.05, 3.63) is 114 Å². The van der Waals surface area contributed by atoms with Gasteiger partial charge < -0.3 is 0 Å². The minimum Gasteiger partial charge on any atom is -0.299 e. The summed E-state index contributed by atoms with van der Waals surface area (Å²) >= 11 is 0. The molecule has 1 aromatic heterocycles. The van der Waals surface area contributed by atoms with E-state index in [0.717, 1.165) is 42.0 Å². The first-order valence-electron chi connectivity index (χ1n) is 11.6. The van der Waals surface area contributed by atoms with E-state index in [-0.39, 0.29) is 0 Å². The Bertz CT molecular complexity index is 1230. The standard InChI is InChI=1S/C30H27N3/c31-20-24-19-29(27-9-5-2-6-10-27)30(32-21-24)28-13-11-23(12-14-28)22-33-17-15-26(16-18-33)25-7-3-1-4-8-25/h1-14,19,21,26H,15-18,22H2. The van der Waals surface area contributed by atoms with E-state index in [2.05, 4.69) is 82.7 Å². The zero-order valence-electron chi connectivity index (χ0n) is 18.7. The molecule has 33 heavy (non-hydrogen) atoms. The number of likely N-dealkylation sites (tertiary alicyclic amines) is 1. The highest BCUT2D eigenvalue weighted by Gasteiger charge is 2.20. The quantitative estimate of drug-likeness (QED) is 0.356. The van der Waals surface area contributed by atoms with Gasteiger partial charge in [-0.25, -0.2) is 0 Å². The van der Waals surface area contributed by atoms with Crippen LogP contribution in [-0.2, 0) is 6.54 Å². The molecule has 1 fully saturated rings. The van der Waals surface area contributed by atoms with Crippen molar-refractivity contribution in [1.29, 1.82) is 5.26 Å². The fourth-order valence-electron chi connectivity index (χ4n) is 4.77. The summed E-state index contributed by atoms with van der Waals surface area (Å²) in [5.41, 5.74) is 7.43. The lowest BCUT2D eigenvalue weighted by Crippen LogP contribution is -2.32. The molecule has 1 saturated heterocycles. The number of pyridine rings is 1. The molecule has 2 heterocycles. The number of nitrogens with zero attached hydrogens (tertiary/aromatic N) is 3. The Balaban J connectivity index is 1.29. The van der Waals surface area contributed by atoms with Gasteiger partial charge in [0.25, 0.3) is 0 Å². The number of hydrogen-bond donors (Lipinski definition) is 0. The molecule has 0 amide bonds. The van der Waals surface area contributed by atoms with Crippen LogP contribution in [0.5, 0.6) is 0 Å². The van der Waals surface area contributed by atoms with E-state index in [1.807, 2.05) is 24.3 Å². The Morgan fingerprint density at radius 3 is 2.15 bits per heavy atom. The van der Waals surface area contributed by atoms with Crippen LogP contribution in [0.1, 0.15) is 35.4 Å². The van der Waals surface area contributed by atoms with Gasteiger partial charge in [0.2, 0.25) is 0 Å². The van der Waals surface area contributed by atoms with Gasteiger partial charge in [0, 0.05) is 23.9 Å². The van der Waals surface area contributed by atoms with E-state index in [4.69, 9.17) is 0 Å². The average molecular weight is 430 g/mol. The van der Waals surface area contributed by atoms with Gasteiger partial charge in [-0.3, -0.25) is 9.88 Å². The van der Waals surface area contributed by atoms with Gasteiger partial charge in [0.1, 0.15) is 6.07 Å². The Morgan fingerprint density at radius 2 is 1.48 bits per heavy atom. The highest BCUT2D eigenvalue weighted by molar-refractivity contribution is 5.81. The summed E-state index contributed by atoms with van der Waals surface area (Å²) in [6, 6.07) is 34.0. The summed E-state index contributed by atoms with van der Waals surface area (Å²) in [6.07, 6.45) is 4.10. The molecule has 0 radical (unpaired) electrons. The topological polar surface area (TPSA) is 39.9 Å². The van der Waals surface area contributed by atoms with Gasteiger partial charge in [-0.2, -0.15) is 5.26 Å². The predicted molar refractivity (Wildman–Crippen MR) is 134 cm³/mol. The molecule has 0 saturated carbocycles. The van der Waals surface area contributed by atoms with Gasteiger partial charge in [0.15, 0.2) is 0 Å². The average Bonchev–Trinajstić information content (AvgIpc) is 2.90. The molecular weight excluding hydrogens is 402 g/mol. The van der Waals surface area contributed by atoms with Crippen molar-refractivity contribution in [1.82, 2.24) is 9.88 Å². The van der Waals surface area contributed by atoms with Crippen molar-refractivity contribution < 1.29 is 0 Å². The maximum atomic E-state index is 9.35. The summed E-state index contributed by atoms with van der Waals surface area (Å²) in [4.78, 5) is 7.20. The first-order valence-corrected chi connectivity index (χ1v) is 11.6. The van der Waals surface area contributed by atoms with Gasteiger partial charge in [-0.1, -0.05) is 84.9 Å². The number of piperidine rings is 1. The van der Waals surface area contributed by atoms with Crippen LogP contribution in [0.3, 0.4) is 0 Å². The van der Waals surface area contributed by atoms with Crippen LogP contribution in [0.25, 0.3) is 22.4 Å². The molecule has 162 valence electrons. The molecule has 3 heteroatoms. The Labute approximate surface area is 196 Å². The molecule has 3 nitrogen and oxygen atoms in total. The van der Waals surface area contributed by atoms with Gasteiger partial charge in [-0.15, -0.1) is 0 Å². The highest BCUT2D eigenvalue weighted by Crippen LogP contribution is 2.32. The third-order valence-corrected chi connectivity index (χ3v) is 6.59.